The normalized spacial score (nSPS) is 14.7. The van der Waals surface area contributed by atoms with E-state index in [0.717, 1.165) is 0 Å². The predicted molar refractivity (Wildman–Crippen MR) is 45.7 cm³/mol. The van der Waals surface area contributed by atoms with Gasteiger partial charge in [-0.1, -0.05) is 19.3 Å². The molecule has 0 aromatic heterocycles. The number of carbonyl (C=O) groups excluding carboxylic acids is 2. The maximum atomic E-state index is 10.5. The van der Waals surface area contributed by atoms with Crippen LogP contribution in [0.3, 0.4) is 0 Å². The molecule has 2 unspecified atom stereocenters. The standard InChI is InChI=1S/C2H4N6O7S2/c9-1(3-7-16(11)12)5-15-6-2(10)4-8-17(13)14/h(H,5,9)(H,6,10)(H,11,12)(H,13,14)/p-2. The van der Waals surface area contributed by atoms with Crippen molar-refractivity contribution in [2.75, 3.05) is 0 Å². The van der Waals surface area contributed by atoms with Crippen molar-refractivity contribution >= 4 is 34.6 Å². The van der Waals surface area contributed by atoms with Gasteiger partial charge in [0.2, 0.25) is 0 Å². The van der Waals surface area contributed by atoms with Crippen LogP contribution in [0.1, 0.15) is 0 Å². The quantitative estimate of drug-likeness (QED) is 0.365. The number of hydrogen-bond donors (Lipinski definition) is 2. The van der Waals surface area contributed by atoms with Gasteiger partial charge in [-0.2, -0.15) is 15.9 Å². The van der Waals surface area contributed by atoms with Gasteiger partial charge in [0, 0.05) is 0 Å². The Morgan fingerprint density at radius 1 is 0.941 bits per heavy atom. The third-order valence-electron chi connectivity index (χ3n) is 0.673. The first-order chi connectivity index (χ1) is 7.91. The molecule has 0 fully saturated rings. The molecule has 0 heterocycles. The second kappa shape index (κ2) is 8.47. The molecule has 0 saturated carbocycles. The van der Waals surface area contributed by atoms with Crippen LogP contribution in [0.15, 0.2) is 19.3 Å². The van der Waals surface area contributed by atoms with Crippen molar-refractivity contribution in [3.05, 3.63) is 0 Å². The monoisotopic (exact) mass is 286 g/mol. The van der Waals surface area contributed by atoms with Gasteiger partial charge in [-0.15, -0.1) is 0 Å². The number of nitrogens with zero attached hydrogens (tertiary/aromatic N) is 4. The summed E-state index contributed by atoms with van der Waals surface area (Å²) >= 11 is -5.81. The number of urea groups is 2. The molecule has 2 N–H and O–H groups in total. The molecule has 0 saturated heterocycles. The van der Waals surface area contributed by atoms with Crippen LogP contribution in [0, 0.1) is 0 Å². The minimum atomic E-state index is -2.91. The third-order valence-corrected chi connectivity index (χ3v) is 1.10. The number of hydrogen-bond acceptors (Lipinski definition) is 7. The number of rotatable bonds is 4. The summed E-state index contributed by atoms with van der Waals surface area (Å²) in [7, 11) is 0. The molecule has 13 nitrogen and oxygen atoms in total. The molecular weight excluding hydrogens is 284 g/mol. The van der Waals surface area contributed by atoms with E-state index in [-0.39, 0.29) is 0 Å². The molecule has 0 aliphatic carbocycles. The van der Waals surface area contributed by atoms with E-state index >= 15 is 0 Å². The Balaban J connectivity index is 3.84. The molecule has 96 valence electrons. The van der Waals surface area contributed by atoms with Crippen LogP contribution in [-0.4, -0.2) is 29.6 Å². The van der Waals surface area contributed by atoms with Crippen molar-refractivity contribution in [3.63, 3.8) is 0 Å². The zero-order valence-corrected chi connectivity index (χ0v) is 9.10. The average Bonchev–Trinajstić information content (AvgIpc) is 2.23. The molecule has 15 heteroatoms. The van der Waals surface area contributed by atoms with Crippen molar-refractivity contribution in [2.24, 2.45) is 19.3 Å². The number of hydroxylamine groups is 2. The number of nitrogens with one attached hydrogen (secondary N) is 2. The Bertz CT molecular complexity index is 356. The van der Waals surface area contributed by atoms with Crippen molar-refractivity contribution in [1.82, 2.24) is 11.0 Å². The molecule has 0 bridgehead atoms. The summed E-state index contributed by atoms with van der Waals surface area (Å²) in [6, 6.07) is -2.70. The summed E-state index contributed by atoms with van der Waals surface area (Å²) in [4.78, 5) is 25.0. The molecule has 0 spiro atoms. The second-order valence-corrected chi connectivity index (χ2v) is 2.91. The van der Waals surface area contributed by atoms with E-state index in [9.17, 15) is 27.1 Å². The van der Waals surface area contributed by atoms with Crippen LogP contribution >= 0.6 is 0 Å². The van der Waals surface area contributed by atoms with E-state index in [1.165, 1.54) is 11.0 Å². The van der Waals surface area contributed by atoms with Crippen LogP contribution in [0.4, 0.5) is 9.59 Å². The minimum absolute atomic E-state index is 1.35. The molecule has 2 atom stereocenters. The first-order valence-corrected chi connectivity index (χ1v) is 5.26. The topological polar surface area (TPSA) is 197 Å². The lowest BCUT2D eigenvalue weighted by atomic mass is 11.1. The largest absolute Gasteiger partial charge is 0.752 e. The number of amides is 4. The molecule has 0 aromatic rings. The van der Waals surface area contributed by atoms with E-state index < -0.39 is 34.6 Å². The smallest absolute Gasteiger partial charge is 0.386 e. The van der Waals surface area contributed by atoms with Gasteiger partial charge in [0.1, 0.15) is 0 Å². The van der Waals surface area contributed by atoms with Crippen LogP contribution in [0.5, 0.6) is 0 Å². The highest BCUT2D eigenvalue weighted by molar-refractivity contribution is 7.77. The van der Waals surface area contributed by atoms with Gasteiger partial charge in [-0.3, -0.25) is 0 Å². The molecule has 0 aliphatic heterocycles. The van der Waals surface area contributed by atoms with Gasteiger partial charge >= 0.3 is 12.1 Å². The fourth-order valence-corrected chi connectivity index (χ4v) is 0.576. The van der Waals surface area contributed by atoms with Gasteiger partial charge in [-0.25, -0.2) is 18.0 Å². The van der Waals surface area contributed by atoms with E-state index in [4.69, 9.17) is 0 Å². The molecule has 0 aromatic carbocycles. The Labute approximate surface area is 97.5 Å². The summed E-state index contributed by atoms with van der Waals surface area (Å²) in [6.45, 7) is 0. The summed E-state index contributed by atoms with van der Waals surface area (Å²) in [5, 5.41) is 5.06. The van der Waals surface area contributed by atoms with Crippen molar-refractivity contribution in [3.8, 4) is 0 Å². The molecule has 4 amide bonds. The Kier molecular flexibility index (Phi) is 7.63. The summed E-state index contributed by atoms with van der Waals surface area (Å²) < 4.78 is 44.0. The van der Waals surface area contributed by atoms with Gasteiger partial charge in [-0.05, 0) is 0 Å². The fourth-order valence-electron chi connectivity index (χ4n) is 0.294. The lowest BCUT2D eigenvalue weighted by Gasteiger charge is -2.00. The Morgan fingerprint density at radius 3 is 1.59 bits per heavy atom. The van der Waals surface area contributed by atoms with E-state index in [0.29, 0.717) is 0 Å². The van der Waals surface area contributed by atoms with E-state index in [2.05, 4.69) is 24.2 Å². The molecule has 0 radical (unpaired) electrons. The van der Waals surface area contributed by atoms with Gasteiger partial charge in [0.15, 0.2) is 0 Å². The minimum Gasteiger partial charge on any atom is -0.752 e. The van der Waals surface area contributed by atoms with Crippen LogP contribution in [-0.2, 0) is 27.5 Å². The van der Waals surface area contributed by atoms with Gasteiger partial charge < -0.3 is 9.11 Å². The lowest BCUT2D eigenvalue weighted by molar-refractivity contribution is 0.00815. The van der Waals surface area contributed by atoms with Crippen LogP contribution in [0.25, 0.3) is 0 Å². The van der Waals surface area contributed by atoms with Crippen LogP contribution < -0.4 is 11.0 Å². The first-order valence-electron chi connectivity index (χ1n) is 3.20. The van der Waals surface area contributed by atoms with Crippen molar-refractivity contribution < 1.29 is 32.1 Å². The third kappa shape index (κ3) is 10.6. The Morgan fingerprint density at radius 2 is 1.29 bits per heavy atom. The predicted octanol–water partition coefficient (Wildman–Crippen LogP) is -1.26. The zero-order chi connectivity index (χ0) is 13.3. The molecular formula is C2H2N6O7S2-2. The van der Waals surface area contributed by atoms with Crippen molar-refractivity contribution in [1.29, 1.82) is 0 Å². The van der Waals surface area contributed by atoms with Gasteiger partial charge in [0.25, 0.3) is 0 Å². The fraction of sp³-hybridized carbons (Fsp3) is 0. The SMILES string of the molecule is O=C(N=NS(=O)[O-])NONC(=O)N=NS(=O)[O-]. The summed E-state index contributed by atoms with van der Waals surface area (Å²) in [6.07, 6.45) is 0. The zero-order valence-electron chi connectivity index (χ0n) is 7.46. The lowest BCUT2D eigenvalue weighted by Crippen LogP contribution is -2.31. The molecule has 0 aliphatic rings. The Hall–Kier alpha value is -1.68. The van der Waals surface area contributed by atoms with E-state index in [1.54, 1.807) is 0 Å². The summed E-state index contributed by atoms with van der Waals surface area (Å²) in [5.41, 5.74) is 2.79. The van der Waals surface area contributed by atoms with E-state index in [1.807, 2.05) is 0 Å². The molecule has 17 heavy (non-hydrogen) atoms. The average molecular weight is 286 g/mol. The maximum absolute atomic E-state index is 10.5. The highest BCUT2D eigenvalue weighted by atomic mass is 32.2. The van der Waals surface area contributed by atoms with Crippen molar-refractivity contribution in [2.45, 2.75) is 0 Å². The maximum Gasteiger partial charge on any atom is 0.386 e. The number of carbonyl (C=O) groups is 2. The highest BCUT2D eigenvalue weighted by Gasteiger charge is 2.00. The van der Waals surface area contributed by atoms with Gasteiger partial charge in [0.05, 0.1) is 22.5 Å². The highest BCUT2D eigenvalue weighted by Crippen LogP contribution is 1.83. The van der Waals surface area contributed by atoms with Crippen LogP contribution in [0.2, 0.25) is 0 Å². The second-order valence-electron chi connectivity index (χ2n) is 1.71. The first kappa shape index (κ1) is 15.3. The summed E-state index contributed by atoms with van der Waals surface area (Å²) in [5.74, 6) is 0. The molecule has 0 rings (SSSR count).